The zero-order valence-electron chi connectivity index (χ0n) is 12.8. The van der Waals surface area contributed by atoms with Gasteiger partial charge in [0.1, 0.15) is 18.3 Å². The molecule has 3 N–H and O–H groups in total. The molecule has 1 aromatic heterocycles. The quantitative estimate of drug-likeness (QED) is 0.765. The number of aromatic nitrogens is 2. The Bertz CT molecular complexity index is 696. The fourth-order valence-electron chi connectivity index (χ4n) is 2.67. The number of nitrogens with one attached hydrogen (secondary N) is 1. The second-order valence-corrected chi connectivity index (χ2v) is 5.63. The molecule has 0 amide bonds. The van der Waals surface area contributed by atoms with Crippen molar-refractivity contribution in [2.75, 3.05) is 13.2 Å². The Hall–Kier alpha value is -1.93. The molecule has 1 aliphatic heterocycles. The number of hydrogen-bond acceptors (Lipinski definition) is 5. The number of ether oxygens (including phenoxy) is 2. The summed E-state index contributed by atoms with van der Waals surface area (Å²) in [5.41, 5.74) is 1.14. The van der Waals surface area contributed by atoms with Crippen LogP contribution < -0.4 is 5.56 Å². The highest BCUT2D eigenvalue weighted by Gasteiger charge is 2.36. The summed E-state index contributed by atoms with van der Waals surface area (Å²) in [4.78, 5) is 11.6. The van der Waals surface area contributed by atoms with Crippen LogP contribution in [0.5, 0.6) is 0 Å². The molecule has 23 heavy (non-hydrogen) atoms. The third-order valence-corrected chi connectivity index (χ3v) is 3.99. The van der Waals surface area contributed by atoms with Crippen molar-refractivity contribution in [1.82, 2.24) is 9.78 Å². The highest BCUT2D eigenvalue weighted by molar-refractivity contribution is 5.19. The van der Waals surface area contributed by atoms with E-state index in [1.54, 1.807) is 13.1 Å². The minimum absolute atomic E-state index is 0.107. The molecule has 124 valence electrons. The van der Waals surface area contributed by atoms with E-state index in [2.05, 4.69) is 5.10 Å². The first-order chi connectivity index (χ1) is 11.1. The van der Waals surface area contributed by atoms with Gasteiger partial charge < -0.3 is 19.7 Å². The van der Waals surface area contributed by atoms with Gasteiger partial charge in [-0.15, -0.1) is 0 Å². The standard InChI is InChI=1S/C16H20N2O5/c1-10-7-18(17-16(10)21)13-9-22-12(8-19)14(20)15(23-13)11-5-3-2-4-6-11/h2-7,12-15,19-20H,8-9H2,1H3,(H,17,21)/t12-,13+,14-,15+/m1/s1. The summed E-state index contributed by atoms with van der Waals surface area (Å²) in [6.45, 7) is 1.49. The monoisotopic (exact) mass is 320 g/mol. The number of aryl methyl sites for hydroxylation is 1. The third kappa shape index (κ3) is 3.23. The third-order valence-electron chi connectivity index (χ3n) is 3.99. The first-order valence-electron chi connectivity index (χ1n) is 7.49. The first kappa shape index (κ1) is 15.9. The van der Waals surface area contributed by atoms with Crippen LogP contribution in [0.2, 0.25) is 0 Å². The molecule has 1 aliphatic rings. The summed E-state index contributed by atoms with van der Waals surface area (Å²) in [6, 6.07) is 9.25. The van der Waals surface area contributed by atoms with Gasteiger partial charge in [0.2, 0.25) is 0 Å². The van der Waals surface area contributed by atoms with Crippen LogP contribution in [0.3, 0.4) is 0 Å². The Morgan fingerprint density at radius 1 is 1.35 bits per heavy atom. The van der Waals surface area contributed by atoms with Crippen molar-refractivity contribution in [3.05, 3.63) is 58.0 Å². The molecule has 0 unspecified atom stereocenters. The summed E-state index contributed by atoms with van der Waals surface area (Å²) in [7, 11) is 0. The molecule has 0 aliphatic carbocycles. The van der Waals surface area contributed by atoms with Gasteiger partial charge in [-0.05, 0) is 12.5 Å². The van der Waals surface area contributed by atoms with Crippen LogP contribution in [-0.2, 0) is 9.47 Å². The lowest BCUT2D eigenvalue weighted by molar-refractivity contribution is -0.101. The van der Waals surface area contributed by atoms with Crippen LogP contribution in [0.1, 0.15) is 23.5 Å². The molecule has 0 spiro atoms. The van der Waals surface area contributed by atoms with Crippen LogP contribution in [-0.4, -0.2) is 45.4 Å². The summed E-state index contributed by atoms with van der Waals surface area (Å²) < 4.78 is 13.1. The summed E-state index contributed by atoms with van der Waals surface area (Å²) in [5.74, 6) is 0. The number of aliphatic hydroxyl groups is 2. The van der Waals surface area contributed by atoms with Gasteiger partial charge in [-0.1, -0.05) is 30.3 Å². The Balaban J connectivity index is 1.93. The fraction of sp³-hybridized carbons (Fsp3) is 0.438. The smallest absolute Gasteiger partial charge is 0.267 e. The van der Waals surface area contributed by atoms with E-state index >= 15 is 0 Å². The van der Waals surface area contributed by atoms with Crippen molar-refractivity contribution in [3.63, 3.8) is 0 Å². The molecule has 2 aromatic rings. The molecular weight excluding hydrogens is 300 g/mol. The van der Waals surface area contributed by atoms with Gasteiger partial charge >= 0.3 is 0 Å². The SMILES string of the molecule is Cc1cn([C@@H]2CO[C@H](CO)[C@@H](O)[C@H](c3ccccc3)O2)[nH]c1=O. The number of nitrogens with zero attached hydrogens (tertiary/aromatic N) is 1. The van der Waals surface area contributed by atoms with E-state index in [-0.39, 0.29) is 18.8 Å². The number of aromatic amines is 1. The molecule has 3 rings (SSSR count). The lowest BCUT2D eigenvalue weighted by atomic mass is 10.0. The van der Waals surface area contributed by atoms with E-state index in [1.807, 2.05) is 30.3 Å². The van der Waals surface area contributed by atoms with Crippen LogP contribution in [0.25, 0.3) is 0 Å². The van der Waals surface area contributed by atoms with E-state index in [4.69, 9.17) is 9.47 Å². The van der Waals surface area contributed by atoms with Crippen molar-refractivity contribution < 1.29 is 19.7 Å². The van der Waals surface area contributed by atoms with Crippen molar-refractivity contribution in [3.8, 4) is 0 Å². The molecule has 1 saturated heterocycles. The molecule has 1 fully saturated rings. The first-order valence-corrected chi connectivity index (χ1v) is 7.49. The Kier molecular flexibility index (Phi) is 4.63. The lowest BCUT2D eigenvalue weighted by Crippen LogP contribution is -2.35. The number of aliphatic hydroxyl groups excluding tert-OH is 2. The Morgan fingerprint density at radius 3 is 2.70 bits per heavy atom. The van der Waals surface area contributed by atoms with Gasteiger partial charge in [0.25, 0.3) is 5.56 Å². The van der Waals surface area contributed by atoms with Crippen LogP contribution in [0, 0.1) is 6.92 Å². The molecule has 1 aromatic carbocycles. The molecular formula is C16H20N2O5. The maximum absolute atomic E-state index is 11.6. The minimum atomic E-state index is -1.02. The average Bonchev–Trinajstić information content (AvgIpc) is 2.80. The van der Waals surface area contributed by atoms with Crippen molar-refractivity contribution >= 4 is 0 Å². The van der Waals surface area contributed by atoms with Gasteiger partial charge in [0.15, 0.2) is 6.23 Å². The lowest BCUT2D eigenvalue weighted by Gasteiger charge is -2.26. The Labute approximate surface area is 133 Å². The topological polar surface area (TPSA) is 96.7 Å². The molecule has 7 nitrogen and oxygen atoms in total. The van der Waals surface area contributed by atoms with Gasteiger partial charge in [-0.3, -0.25) is 14.6 Å². The fourth-order valence-corrected chi connectivity index (χ4v) is 2.67. The number of benzene rings is 1. The molecule has 0 bridgehead atoms. The van der Waals surface area contributed by atoms with Gasteiger partial charge in [0.05, 0.1) is 13.2 Å². The largest absolute Gasteiger partial charge is 0.394 e. The van der Waals surface area contributed by atoms with Crippen molar-refractivity contribution in [2.45, 2.75) is 31.5 Å². The molecule has 4 atom stereocenters. The van der Waals surface area contributed by atoms with E-state index in [1.165, 1.54) is 4.68 Å². The molecule has 7 heteroatoms. The second-order valence-electron chi connectivity index (χ2n) is 5.63. The van der Waals surface area contributed by atoms with Gasteiger partial charge in [0, 0.05) is 11.8 Å². The molecule has 0 saturated carbocycles. The number of rotatable bonds is 3. The summed E-state index contributed by atoms with van der Waals surface area (Å²) >= 11 is 0. The summed E-state index contributed by atoms with van der Waals surface area (Å²) in [6.07, 6.45) is -1.41. The second kappa shape index (κ2) is 6.67. The van der Waals surface area contributed by atoms with E-state index in [0.29, 0.717) is 5.56 Å². The number of hydrogen-bond donors (Lipinski definition) is 3. The van der Waals surface area contributed by atoms with Crippen molar-refractivity contribution in [2.24, 2.45) is 0 Å². The van der Waals surface area contributed by atoms with Gasteiger partial charge in [-0.2, -0.15) is 0 Å². The maximum atomic E-state index is 11.6. The average molecular weight is 320 g/mol. The van der Waals surface area contributed by atoms with Crippen molar-refractivity contribution in [1.29, 1.82) is 0 Å². The maximum Gasteiger partial charge on any atom is 0.267 e. The Morgan fingerprint density at radius 2 is 2.09 bits per heavy atom. The van der Waals surface area contributed by atoms with E-state index in [9.17, 15) is 15.0 Å². The molecule has 0 radical (unpaired) electrons. The summed E-state index contributed by atoms with van der Waals surface area (Å²) in [5, 5.41) is 22.6. The minimum Gasteiger partial charge on any atom is -0.394 e. The highest BCUT2D eigenvalue weighted by Crippen LogP contribution is 2.32. The predicted molar refractivity (Wildman–Crippen MR) is 81.9 cm³/mol. The number of H-pyrrole nitrogens is 1. The highest BCUT2D eigenvalue weighted by atomic mass is 16.6. The normalized spacial score (nSPS) is 28.5. The van der Waals surface area contributed by atoms with Gasteiger partial charge in [-0.25, -0.2) is 0 Å². The zero-order valence-corrected chi connectivity index (χ0v) is 12.8. The zero-order chi connectivity index (χ0) is 16.4. The predicted octanol–water partition coefficient (Wildman–Crippen LogP) is 0.493. The van der Waals surface area contributed by atoms with E-state index in [0.717, 1.165) is 5.56 Å². The van der Waals surface area contributed by atoms with E-state index < -0.39 is 24.5 Å². The molecule has 2 heterocycles. The van der Waals surface area contributed by atoms with Crippen LogP contribution in [0.15, 0.2) is 41.3 Å². The van der Waals surface area contributed by atoms with Crippen LogP contribution >= 0.6 is 0 Å². The van der Waals surface area contributed by atoms with Crippen LogP contribution in [0.4, 0.5) is 0 Å².